The van der Waals surface area contributed by atoms with E-state index in [0.29, 0.717) is 26.2 Å². The average Bonchev–Trinajstić information content (AvgIpc) is 2.99. The van der Waals surface area contributed by atoms with E-state index in [4.69, 9.17) is 19.3 Å². The molecular weight excluding hydrogens is 504 g/mol. The summed E-state index contributed by atoms with van der Waals surface area (Å²) in [5.41, 5.74) is 2.00. The van der Waals surface area contributed by atoms with Crippen LogP contribution in [0.15, 0.2) is 48.5 Å². The monoisotopic (exact) mass is 552 g/mol. The van der Waals surface area contributed by atoms with Crippen LogP contribution < -0.4 is 19.7 Å². The van der Waals surface area contributed by atoms with Gasteiger partial charge in [-0.15, -0.1) is 0 Å². The van der Waals surface area contributed by atoms with Gasteiger partial charge in [-0.25, -0.2) is 4.79 Å². The normalized spacial score (nSPS) is 18.6. The molecule has 5 rings (SSSR count). The molecule has 7 nitrogen and oxygen atoms in total. The van der Waals surface area contributed by atoms with E-state index in [1.807, 2.05) is 42.5 Å². The first-order chi connectivity index (χ1) is 19.6. The van der Waals surface area contributed by atoms with Gasteiger partial charge in [0, 0.05) is 25.1 Å². The van der Waals surface area contributed by atoms with E-state index >= 15 is 0 Å². The fourth-order valence-electron chi connectivity index (χ4n) is 5.96. The van der Waals surface area contributed by atoms with Crippen LogP contribution in [0.4, 0.5) is 5.69 Å². The SMILES string of the molecule is C1CCC(NC2CCCCC2)CC1.CCO[C@@H](Cc1ccc(OCCN2CCOc3ccccc32)cc1)C(=O)O. The standard InChI is InChI=1S/C21H25NO5.C12H23N/c1-2-25-20(21(23)24)15-16-7-9-17(10-8-16)26-13-11-22-12-14-27-19-6-4-3-5-18(19)22;1-3-7-11(8-4-1)13-12-9-5-2-6-10-12/h3-10,20H,2,11-15H2,1H3,(H,23,24);11-13H,1-10H2/t20-;/m0./s1. The lowest BCUT2D eigenvalue weighted by Gasteiger charge is -2.31. The molecule has 3 aliphatic rings. The summed E-state index contributed by atoms with van der Waals surface area (Å²) in [6.07, 6.45) is 14.1. The number of carbonyl (C=O) groups is 1. The van der Waals surface area contributed by atoms with Crippen LogP contribution in [0.5, 0.6) is 11.5 Å². The predicted molar refractivity (Wildman–Crippen MR) is 160 cm³/mol. The van der Waals surface area contributed by atoms with Crippen LogP contribution in [0.1, 0.15) is 76.7 Å². The number of ether oxygens (including phenoxy) is 3. The molecule has 2 N–H and O–H groups in total. The Bertz CT molecular complexity index is 986. The summed E-state index contributed by atoms with van der Waals surface area (Å²) >= 11 is 0. The fraction of sp³-hybridized carbons (Fsp3) is 0.606. The zero-order chi connectivity index (χ0) is 28.0. The Hall–Kier alpha value is -2.77. The zero-order valence-corrected chi connectivity index (χ0v) is 24.2. The number of hydrogen-bond donors (Lipinski definition) is 2. The second-order valence-electron chi connectivity index (χ2n) is 11.1. The minimum absolute atomic E-state index is 0.341. The van der Waals surface area contributed by atoms with E-state index in [9.17, 15) is 4.79 Å². The van der Waals surface area contributed by atoms with Crippen LogP contribution in [0.2, 0.25) is 0 Å². The van der Waals surface area contributed by atoms with Crippen LogP contribution >= 0.6 is 0 Å². The molecule has 1 atom stereocenters. The number of nitrogens with zero attached hydrogens (tertiary/aromatic N) is 1. The van der Waals surface area contributed by atoms with Crippen LogP contribution in [0.3, 0.4) is 0 Å². The zero-order valence-electron chi connectivity index (χ0n) is 24.2. The number of anilines is 1. The van der Waals surface area contributed by atoms with Crippen molar-refractivity contribution in [3.05, 3.63) is 54.1 Å². The van der Waals surface area contributed by atoms with Crippen molar-refractivity contribution >= 4 is 11.7 Å². The Labute approximate surface area is 240 Å². The number of hydrogen-bond acceptors (Lipinski definition) is 6. The van der Waals surface area contributed by atoms with Crippen molar-refractivity contribution < 1.29 is 24.1 Å². The first-order valence-electron chi connectivity index (χ1n) is 15.4. The van der Waals surface area contributed by atoms with Gasteiger partial charge in [0.2, 0.25) is 0 Å². The molecular formula is C33H48N2O5. The Morgan fingerprint density at radius 3 is 2.25 bits per heavy atom. The number of rotatable bonds is 11. The summed E-state index contributed by atoms with van der Waals surface area (Å²) in [4.78, 5) is 13.4. The predicted octanol–water partition coefficient (Wildman–Crippen LogP) is 6.24. The largest absolute Gasteiger partial charge is 0.492 e. The third-order valence-electron chi connectivity index (χ3n) is 8.12. The van der Waals surface area contributed by atoms with Crippen molar-refractivity contribution in [2.45, 2.75) is 95.7 Å². The first kappa shape index (κ1) is 30.2. The van der Waals surface area contributed by atoms with Crippen molar-refractivity contribution in [2.24, 2.45) is 0 Å². The minimum Gasteiger partial charge on any atom is -0.492 e. The Morgan fingerprint density at radius 1 is 0.975 bits per heavy atom. The van der Waals surface area contributed by atoms with E-state index in [2.05, 4.69) is 16.3 Å². The molecule has 1 heterocycles. The van der Waals surface area contributed by atoms with Gasteiger partial charge >= 0.3 is 5.97 Å². The molecule has 2 aliphatic carbocycles. The van der Waals surface area contributed by atoms with Gasteiger partial charge in [0.1, 0.15) is 24.7 Å². The molecule has 0 amide bonds. The maximum atomic E-state index is 11.2. The summed E-state index contributed by atoms with van der Waals surface area (Å²) in [5.74, 6) is 0.738. The van der Waals surface area contributed by atoms with Crippen molar-refractivity contribution in [3.63, 3.8) is 0 Å². The molecule has 2 fully saturated rings. The molecule has 220 valence electrons. The molecule has 0 aromatic heterocycles. The lowest BCUT2D eigenvalue weighted by Crippen LogP contribution is -2.40. The molecule has 7 heteroatoms. The highest BCUT2D eigenvalue weighted by atomic mass is 16.5. The summed E-state index contributed by atoms with van der Waals surface area (Å²) in [6.45, 7) is 5.02. The number of aliphatic carboxylic acids is 1. The molecule has 40 heavy (non-hydrogen) atoms. The Kier molecular flexibility index (Phi) is 12.4. The molecule has 2 aromatic carbocycles. The number of carboxylic acid groups (broad SMARTS) is 1. The topological polar surface area (TPSA) is 80.3 Å². The van der Waals surface area contributed by atoms with E-state index in [1.54, 1.807) is 6.92 Å². The third-order valence-corrected chi connectivity index (χ3v) is 8.12. The summed E-state index contributed by atoms with van der Waals surface area (Å²) < 4.78 is 16.8. The second kappa shape index (κ2) is 16.5. The second-order valence-corrected chi connectivity index (χ2v) is 11.1. The first-order valence-corrected chi connectivity index (χ1v) is 15.4. The fourth-order valence-corrected chi connectivity index (χ4v) is 5.96. The maximum Gasteiger partial charge on any atom is 0.333 e. The highest BCUT2D eigenvalue weighted by Crippen LogP contribution is 2.30. The van der Waals surface area contributed by atoms with E-state index < -0.39 is 12.1 Å². The van der Waals surface area contributed by atoms with Crippen LogP contribution in [0, 0.1) is 0 Å². The van der Waals surface area contributed by atoms with Crippen molar-refractivity contribution in [1.82, 2.24) is 5.32 Å². The highest BCUT2D eigenvalue weighted by Gasteiger charge is 2.20. The summed E-state index contributed by atoms with van der Waals surface area (Å²) in [7, 11) is 0. The van der Waals surface area contributed by atoms with Gasteiger partial charge in [-0.1, -0.05) is 62.8 Å². The van der Waals surface area contributed by atoms with Gasteiger partial charge < -0.3 is 29.5 Å². The lowest BCUT2D eigenvalue weighted by molar-refractivity contribution is -0.149. The van der Waals surface area contributed by atoms with Crippen LogP contribution in [-0.4, -0.2) is 62.2 Å². The highest BCUT2D eigenvalue weighted by molar-refractivity contribution is 5.72. The van der Waals surface area contributed by atoms with Gasteiger partial charge in [0.25, 0.3) is 0 Å². The maximum absolute atomic E-state index is 11.2. The average molecular weight is 553 g/mol. The number of fused-ring (bicyclic) bond motifs is 1. The van der Waals surface area contributed by atoms with Crippen molar-refractivity contribution in [2.75, 3.05) is 37.8 Å². The van der Waals surface area contributed by atoms with Crippen LogP contribution in [-0.2, 0) is 16.0 Å². The molecule has 0 bridgehead atoms. The number of nitrogens with one attached hydrogen (secondary N) is 1. The quantitative estimate of drug-likeness (QED) is 0.342. The summed E-state index contributed by atoms with van der Waals surface area (Å²) in [5, 5.41) is 13.0. The van der Waals surface area contributed by atoms with Gasteiger partial charge in [-0.3, -0.25) is 0 Å². The van der Waals surface area contributed by atoms with E-state index in [-0.39, 0.29) is 0 Å². The minimum atomic E-state index is -0.942. The Morgan fingerprint density at radius 2 is 1.62 bits per heavy atom. The van der Waals surface area contributed by atoms with E-state index in [0.717, 1.165) is 47.9 Å². The number of benzene rings is 2. The van der Waals surface area contributed by atoms with Gasteiger partial charge in [-0.2, -0.15) is 0 Å². The Balaban J connectivity index is 0.000000236. The molecule has 2 aromatic rings. The lowest BCUT2D eigenvalue weighted by atomic mass is 9.91. The molecule has 0 spiro atoms. The smallest absolute Gasteiger partial charge is 0.333 e. The molecule has 0 saturated heterocycles. The molecule has 0 unspecified atom stereocenters. The van der Waals surface area contributed by atoms with Crippen LogP contribution in [0.25, 0.3) is 0 Å². The number of carboxylic acids is 1. The van der Waals surface area contributed by atoms with Gasteiger partial charge in [-0.05, 0) is 62.4 Å². The molecule has 1 aliphatic heterocycles. The van der Waals surface area contributed by atoms with Gasteiger partial charge in [0.15, 0.2) is 6.10 Å². The number of para-hydroxylation sites is 2. The molecule has 2 saturated carbocycles. The van der Waals surface area contributed by atoms with E-state index in [1.165, 1.54) is 64.2 Å². The molecule has 0 radical (unpaired) electrons. The third kappa shape index (κ3) is 9.70. The van der Waals surface area contributed by atoms with Gasteiger partial charge in [0.05, 0.1) is 18.8 Å². The van der Waals surface area contributed by atoms with Crippen molar-refractivity contribution in [1.29, 1.82) is 0 Å². The summed E-state index contributed by atoms with van der Waals surface area (Å²) in [6, 6.07) is 17.3. The van der Waals surface area contributed by atoms with Crippen molar-refractivity contribution in [3.8, 4) is 11.5 Å².